The fraction of sp³-hybridized carbons (Fsp3) is 0.111. The van der Waals surface area contributed by atoms with Crippen molar-refractivity contribution in [3.63, 3.8) is 0 Å². The lowest BCUT2D eigenvalue weighted by Gasteiger charge is -2.04. The molecule has 28 heavy (non-hydrogen) atoms. The molecular weight excluding hydrogens is 402 g/mol. The lowest BCUT2D eigenvalue weighted by molar-refractivity contribution is 0.102. The molecule has 144 valence electrons. The van der Waals surface area contributed by atoms with Gasteiger partial charge in [0.15, 0.2) is 16.6 Å². The van der Waals surface area contributed by atoms with Gasteiger partial charge in [-0.3, -0.25) is 14.8 Å². The van der Waals surface area contributed by atoms with E-state index in [-0.39, 0.29) is 12.7 Å². The lowest BCUT2D eigenvalue weighted by Crippen LogP contribution is -2.11. The normalized spacial score (nSPS) is 12.6. The van der Waals surface area contributed by atoms with Gasteiger partial charge in [-0.25, -0.2) is 13.4 Å². The van der Waals surface area contributed by atoms with Crippen LogP contribution in [-0.4, -0.2) is 32.4 Å². The Morgan fingerprint density at radius 3 is 2.61 bits per heavy atom. The van der Waals surface area contributed by atoms with Crippen molar-refractivity contribution in [2.45, 2.75) is 0 Å². The minimum Gasteiger partial charge on any atom is -0.454 e. The minimum absolute atomic E-state index is 0.148. The number of hydrogen-bond acceptors (Lipinski definition) is 7. The first-order valence-corrected chi connectivity index (χ1v) is 10.9. The van der Waals surface area contributed by atoms with Gasteiger partial charge in [-0.2, -0.15) is 0 Å². The Morgan fingerprint density at radius 1 is 1.11 bits per heavy atom. The number of benzene rings is 2. The molecule has 0 bridgehead atoms. The molecule has 0 unspecified atom stereocenters. The van der Waals surface area contributed by atoms with E-state index in [0.717, 1.165) is 11.8 Å². The molecule has 0 radical (unpaired) electrons. The largest absolute Gasteiger partial charge is 0.454 e. The number of nitrogens with one attached hydrogen (secondary N) is 2. The van der Waals surface area contributed by atoms with E-state index >= 15 is 0 Å². The van der Waals surface area contributed by atoms with E-state index in [9.17, 15) is 13.2 Å². The zero-order valence-electron chi connectivity index (χ0n) is 14.6. The SMILES string of the molecule is CS(=O)(=O)Nc1ccc(-c2csc(NC(=O)c3ccc4c(c3)OCO4)n2)cc1. The molecule has 1 aromatic heterocycles. The van der Waals surface area contributed by atoms with E-state index in [2.05, 4.69) is 15.0 Å². The van der Waals surface area contributed by atoms with Crippen LogP contribution in [-0.2, 0) is 10.0 Å². The number of rotatable bonds is 5. The number of sulfonamides is 1. The Balaban J connectivity index is 1.46. The first-order chi connectivity index (χ1) is 13.4. The van der Waals surface area contributed by atoms with E-state index in [0.29, 0.717) is 33.6 Å². The first kappa shape index (κ1) is 18.3. The molecule has 1 aliphatic rings. The molecule has 1 aliphatic heterocycles. The van der Waals surface area contributed by atoms with Gasteiger partial charge in [-0.15, -0.1) is 11.3 Å². The summed E-state index contributed by atoms with van der Waals surface area (Å²) in [7, 11) is -3.32. The highest BCUT2D eigenvalue weighted by Crippen LogP contribution is 2.33. The zero-order chi connectivity index (χ0) is 19.7. The average Bonchev–Trinajstić information content (AvgIpc) is 3.29. The zero-order valence-corrected chi connectivity index (χ0v) is 16.3. The number of carbonyl (C=O) groups excluding carboxylic acids is 1. The first-order valence-electron chi connectivity index (χ1n) is 8.12. The fourth-order valence-electron chi connectivity index (χ4n) is 2.59. The third-order valence-electron chi connectivity index (χ3n) is 3.84. The summed E-state index contributed by atoms with van der Waals surface area (Å²) in [6.45, 7) is 0.148. The molecule has 2 aromatic carbocycles. The molecule has 8 nitrogen and oxygen atoms in total. The van der Waals surface area contributed by atoms with Crippen molar-refractivity contribution in [1.29, 1.82) is 0 Å². The number of hydrogen-bond donors (Lipinski definition) is 2. The lowest BCUT2D eigenvalue weighted by atomic mass is 10.1. The van der Waals surface area contributed by atoms with Crippen LogP contribution in [0.1, 0.15) is 10.4 Å². The minimum atomic E-state index is -3.32. The van der Waals surface area contributed by atoms with Gasteiger partial charge in [0.25, 0.3) is 5.91 Å². The van der Waals surface area contributed by atoms with Gasteiger partial charge in [-0.1, -0.05) is 12.1 Å². The predicted octanol–water partition coefficient (Wildman–Crippen LogP) is 3.16. The van der Waals surface area contributed by atoms with Gasteiger partial charge >= 0.3 is 0 Å². The molecule has 0 atom stereocenters. The van der Waals surface area contributed by atoms with Gasteiger partial charge in [0, 0.05) is 22.2 Å². The third-order valence-corrected chi connectivity index (χ3v) is 5.21. The van der Waals surface area contributed by atoms with E-state index in [1.54, 1.807) is 42.5 Å². The van der Waals surface area contributed by atoms with Crippen molar-refractivity contribution >= 4 is 38.1 Å². The topological polar surface area (TPSA) is 107 Å². The fourth-order valence-corrected chi connectivity index (χ4v) is 3.87. The number of fused-ring (bicyclic) bond motifs is 1. The molecule has 0 aliphatic carbocycles. The second kappa shape index (κ2) is 7.13. The van der Waals surface area contributed by atoms with Gasteiger partial charge in [0.05, 0.1) is 11.9 Å². The average molecular weight is 417 g/mol. The Labute approximate surface area is 165 Å². The Kier molecular flexibility index (Phi) is 4.65. The smallest absolute Gasteiger partial charge is 0.257 e. The molecule has 10 heteroatoms. The maximum atomic E-state index is 12.4. The summed E-state index contributed by atoms with van der Waals surface area (Å²) in [4.78, 5) is 16.8. The van der Waals surface area contributed by atoms with Crippen molar-refractivity contribution in [3.8, 4) is 22.8 Å². The van der Waals surface area contributed by atoms with Crippen LogP contribution >= 0.6 is 11.3 Å². The van der Waals surface area contributed by atoms with Crippen LogP contribution in [0.25, 0.3) is 11.3 Å². The van der Waals surface area contributed by atoms with E-state index in [4.69, 9.17) is 9.47 Å². The number of amides is 1. The van der Waals surface area contributed by atoms with Crippen molar-refractivity contribution in [1.82, 2.24) is 4.98 Å². The molecule has 2 N–H and O–H groups in total. The van der Waals surface area contributed by atoms with Crippen LogP contribution in [0.4, 0.5) is 10.8 Å². The Morgan fingerprint density at radius 2 is 1.86 bits per heavy atom. The number of carbonyl (C=O) groups is 1. The molecule has 0 spiro atoms. The number of nitrogens with zero attached hydrogens (tertiary/aromatic N) is 1. The molecule has 2 heterocycles. The monoisotopic (exact) mass is 417 g/mol. The van der Waals surface area contributed by atoms with Crippen LogP contribution < -0.4 is 19.5 Å². The van der Waals surface area contributed by atoms with E-state index in [1.165, 1.54) is 11.3 Å². The highest BCUT2D eigenvalue weighted by atomic mass is 32.2. The van der Waals surface area contributed by atoms with Gasteiger partial charge in [-0.05, 0) is 30.3 Å². The number of ether oxygens (including phenoxy) is 2. The van der Waals surface area contributed by atoms with Crippen molar-refractivity contribution in [2.75, 3.05) is 23.1 Å². The second-order valence-corrected chi connectivity index (χ2v) is 8.62. The van der Waals surface area contributed by atoms with E-state index < -0.39 is 10.0 Å². The number of anilines is 2. The molecule has 0 fully saturated rings. The summed E-state index contributed by atoms with van der Waals surface area (Å²) in [6.07, 6.45) is 1.09. The summed E-state index contributed by atoms with van der Waals surface area (Å²) in [5.41, 5.74) is 2.39. The molecule has 0 saturated heterocycles. The predicted molar refractivity (Wildman–Crippen MR) is 107 cm³/mol. The maximum absolute atomic E-state index is 12.4. The van der Waals surface area contributed by atoms with Crippen molar-refractivity contribution in [2.24, 2.45) is 0 Å². The van der Waals surface area contributed by atoms with Gasteiger partial charge in [0.1, 0.15) is 0 Å². The molecule has 0 saturated carbocycles. The summed E-state index contributed by atoms with van der Waals surface area (Å²) >= 11 is 1.30. The van der Waals surface area contributed by atoms with Gasteiger partial charge in [0.2, 0.25) is 16.8 Å². The van der Waals surface area contributed by atoms with Crippen LogP contribution in [0.2, 0.25) is 0 Å². The molecular formula is C18H15N3O5S2. The molecule has 1 amide bonds. The van der Waals surface area contributed by atoms with Crippen LogP contribution in [0.15, 0.2) is 47.8 Å². The number of thiazole rings is 1. The summed E-state index contributed by atoms with van der Waals surface area (Å²) in [5, 5.41) is 5.03. The number of aromatic nitrogens is 1. The highest BCUT2D eigenvalue weighted by Gasteiger charge is 2.17. The molecule has 4 rings (SSSR count). The van der Waals surface area contributed by atoms with Crippen molar-refractivity contribution in [3.05, 3.63) is 53.4 Å². The van der Waals surface area contributed by atoms with Crippen LogP contribution in [0, 0.1) is 0 Å². The second-order valence-electron chi connectivity index (χ2n) is 6.01. The third kappa shape index (κ3) is 4.07. The highest BCUT2D eigenvalue weighted by molar-refractivity contribution is 7.92. The van der Waals surface area contributed by atoms with Crippen LogP contribution in [0.5, 0.6) is 11.5 Å². The van der Waals surface area contributed by atoms with Crippen LogP contribution in [0.3, 0.4) is 0 Å². The standard InChI is InChI=1S/C18H15N3O5S2/c1-28(23,24)21-13-5-2-11(3-6-13)14-9-27-18(19-14)20-17(22)12-4-7-15-16(8-12)26-10-25-15/h2-9,21H,10H2,1H3,(H,19,20,22). The Hall–Kier alpha value is -3.11. The van der Waals surface area contributed by atoms with Gasteiger partial charge < -0.3 is 9.47 Å². The maximum Gasteiger partial charge on any atom is 0.257 e. The van der Waals surface area contributed by atoms with Crippen molar-refractivity contribution < 1.29 is 22.7 Å². The Bertz CT molecular complexity index is 1140. The summed E-state index contributed by atoms with van der Waals surface area (Å²) in [6, 6.07) is 11.8. The summed E-state index contributed by atoms with van der Waals surface area (Å²) in [5.74, 6) is 0.851. The molecule has 3 aromatic rings. The summed E-state index contributed by atoms with van der Waals surface area (Å²) < 4.78 is 35.5. The van der Waals surface area contributed by atoms with E-state index in [1.807, 2.05) is 5.38 Å². The quantitative estimate of drug-likeness (QED) is 0.660.